The van der Waals surface area contributed by atoms with E-state index in [9.17, 15) is 4.79 Å². The summed E-state index contributed by atoms with van der Waals surface area (Å²) in [5.74, 6) is 2.20. The van der Waals surface area contributed by atoms with Crippen molar-refractivity contribution < 1.29 is 9.15 Å². The molecule has 7 heteroatoms. The number of thioether (sulfide) groups is 1. The van der Waals surface area contributed by atoms with Gasteiger partial charge in [0, 0.05) is 28.8 Å². The van der Waals surface area contributed by atoms with Crippen LogP contribution in [0, 0.1) is 13.8 Å². The van der Waals surface area contributed by atoms with Gasteiger partial charge in [-0.25, -0.2) is 4.79 Å². The predicted octanol–water partition coefficient (Wildman–Crippen LogP) is 5.55. The van der Waals surface area contributed by atoms with Crippen LogP contribution in [0.5, 0.6) is 5.75 Å². The zero-order valence-electron chi connectivity index (χ0n) is 18.3. The smallest absolute Gasteiger partial charge is 0.336 e. The molecule has 0 radical (unpaired) electrons. The third-order valence-corrected chi connectivity index (χ3v) is 6.40. The second-order valence-electron chi connectivity index (χ2n) is 7.76. The number of ether oxygens (including phenoxy) is 1. The van der Waals surface area contributed by atoms with E-state index in [0.29, 0.717) is 11.3 Å². The van der Waals surface area contributed by atoms with Crippen LogP contribution in [-0.2, 0) is 5.75 Å². The van der Waals surface area contributed by atoms with Gasteiger partial charge in [0.25, 0.3) is 0 Å². The van der Waals surface area contributed by atoms with Gasteiger partial charge in [-0.15, -0.1) is 10.2 Å². The fourth-order valence-electron chi connectivity index (χ4n) is 3.56. The van der Waals surface area contributed by atoms with Crippen LogP contribution >= 0.6 is 11.8 Å². The molecule has 0 saturated heterocycles. The van der Waals surface area contributed by atoms with E-state index in [4.69, 9.17) is 9.15 Å². The molecule has 6 nitrogen and oxygen atoms in total. The zero-order chi connectivity index (χ0) is 22.1. The molecule has 0 unspecified atom stereocenters. The highest BCUT2D eigenvalue weighted by Crippen LogP contribution is 2.32. The number of hydrogen-bond acceptors (Lipinski definition) is 6. The van der Waals surface area contributed by atoms with E-state index in [-0.39, 0.29) is 11.7 Å². The summed E-state index contributed by atoms with van der Waals surface area (Å²) in [6.45, 7) is 8.22. The van der Waals surface area contributed by atoms with E-state index < -0.39 is 0 Å². The van der Waals surface area contributed by atoms with E-state index in [1.54, 1.807) is 24.9 Å². The third-order valence-electron chi connectivity index (χ3n) is 5.40. The maximum Gasteiger partial charge on any atom is 0.336 e. The molecule has 4 rings (SSSR count). The summed E-state index contributed by atoms with van der Waals surface area (Å²) in [5.41, 5.74) is 4.33. The second-order valence-corrected chi connectivity index (χ2v) is 8.70. The standard InChI is InChI=1S/C24H25N3O3S/c1-14(2)27-23(17-7-9-19(29-5)10-8-17)25-26-24(27)31-13-18-12-21(28)30-22-16(4)15(3)6-11-20(18)22/h6-12,14H,13H2,1-5H3. The number of fused-ring (bicyclic) bond motifs is 1. The van der Waals surface area contributed by atoms with Gasteiger partial charge in [0.2, 0.25) is 0 Å². The first-order chi connectivity index (χ1) is 14.9. The average Bonchev–Trinajstić information content (AvgIpc) is 3.19. The summed E-state index contributed by atoms with van der Waals surface area (Å²) in [7, 11) is 1.65. The summed E-state index contributed by atoms with van der Waals surface area (Å²) in [6, 6.07) is 13.6. The van der Waals surface area contributed by atoms with E-state index in [0.717, 1.165) is 44.4 Å². The number of hydrogen-bond donors (Lipinski definition) is 0. The Balaban J connectivity index is 1.69. The molecule has 2 aromatic heterocycles. The molecule has 2 heterocycles. The minimum absolute atomic E-state index is 0.178. The van der Waals surface area contributed by atoms with Gasteiger partial charge in [-0.3, -0.25) is 4.57 Å². The van der Waals surface area contributed by atoms with Crippen molar-refractivity contribution in [3.05, 3.63) is 69.6 Å². The van der Waals surface area contributed by atoms with Crippen LogP contribution in [0.2, 0.25) is 0 Å². The van der Waals surface area contributed by atoms with Gasteiger partial charge < -0.3 is 9.15 Å². The molecule has 0 aliphatic carbocycles. The molecule has 0 saturated carbocycles. The first-order valence-corrected chi connectivity index (χ1v) is 11.1. The van der Waals surface area contributed by atoms with Crippen molar-refractivity contribution in [3.8, 4) is 17.1 Å². The Labute approximate surface area is 185 Å². The third kappa shape index (κ3) is 4.10. The molecule has 0 N–H and O–H groups in total. The van der Waals surface area contributed by atoms with Crippen molar-refractivity contribution in [3.63, 3.8) is 0 Å². The molecule has 0 amide bonds. The van der Waals surface area contributed by atoms with Crippen LogP contribution < -0.4 is 10.4 Å². The van der Waals surface area contributed by atoms with E-state index in [1.165, 1.54) is 0 Å². The summed E-state index contributed by atoms with van der Waals surface area (Å²) in [6.07, 6.45) is 0. The Morgan fingerprint density at radius 3 is 2.52 bits per heavy atom. The largest absolute Gasteiger partial charge is 0.497 e. The van der Waals surface area contributed by atoms with Crippen LogP contribution in [-0.4, -0.2) is 21.9 Å². The van der Waals surface area contributed by atoms with Crippen LogP contribution in [0.4, 0.5) is 0 Å². The highest BCUT2D eigenvalue weighted by molar-refractivity contribution is 7.98. The van der Waals surface area contributed by atoms with Crippen molar-refractivity contribution in [1.82, 2.24) is 14.8 Å². The van der Waals surface area contributed by atoms with E-state index in [1.807, 2.05) is 44.2 Å². The summed E-state index contributed by atoms with van der Waals surface area (Å²) in [5, 5.41) is 10.7. The number of methoxy groups -OCH3 is 1. The Morgan fingerprint density at radius 1 is 1.10 bits per heavy atom. The molecule has 4 aromatic rings. The summed E-state index contributed by atoms with van der Waals surface area (Å²) in [4.78, 5) is 12.2. The van der Waals surface area contributed by atoms with Crippen molar-refractivity contribution in [2.24, 2.45) is 0 Å². The number of rotatable bonds is 6. The lowest BCUT2D eigenvalue weighted by Crippen LogP contribution is -2.06. The van der Waals surface area contributed by atoms with Gasteiger partial charge in [0.15, 0.2) is 11.0 Å². The first-order valence-electron chi connectivity index (χ1n) is 10.1. The van der Waals surface area contributed by atoms with Gasteiger partial charge >= 0.3 is 5.63 Å². The summed E-state index contributed by atoms with van der Waals surface area (Å²) >= 11 is 1.57. The molecule has 0 atom stereocenters. The van der Waals surface area contributed by atoms with E-state index in [2.05, 4.69) is 34.7 Å². The Hall–Kier alpha value is -3.06. The predicted molar refractivity (Wildman–Crippen MR) is 124 cm³/mol. The fourth-order valence-corrected chi connectivity index (χ4v) is 4.62. The van der Waals surface area contributed by atoms with Gasteiger partial charge in [-0.05, 0) is 68.7 Å². The molecule has 2 aromatic carbocycles. The van der Waals surface area contributed by atoms with Gasteiger partial charge in [0.05, 0.1) is 7.11 Å². The molecular weight excluding hydrogens is 410 g/mol. The first kappa shape index (κ1) is 21.2. The molecule has 160 valence electrons. The van der Waals surface area contributed by atoms with Crippen molar-refractivity contribution in [2.45, 2.75) is 44.6 Å². The van der Waals surface area contributed by atoms with Crippen LogP contribution in [0.15, 0.2) is 56.8 Å². The number of nitrogens with zero attached hydrogens (tertiary/aromatic N) is 3. The number of benzene rings is 2. The van der Waals surface area contributed by atoms with E-state index >= 15 is 0 Å². The maximum absolute atomic E-state index is 12.2. The summed E-state index contributed by atoms with van der Waals surface area (Å²) < 4.78 is 12.9. The van der Waals surface area contributed by atoms with Crippen molar-refractivity contribution in [2.75, 3.05) is 7.11 Å². The van der Waals surface area contributed by atoms with Crippen molar-refractivity contribution >= 4 is 22.7 Å². The van der Waals surface area contributed by atoms with Gasteiger partial charge in [-0.1, -0.05) is 23.9 Å². The van der Waals surface area contributed by atoms with Gasteiger partial charge in [-0.2, -0.15) is 0 Å². The Bertz CT molecular complexity index is 1290. The lowest BCUT2D eigenvalue weighted by Gasteiger charge is -2.14. The quantitative estimate of drug-likeness (QED) is 0.292. The van der Waals surface area contributed by atoms with Gasteiger partial charge in [0.1, 0.15) is 11.3 Å². The molecule has 31 heavy (non-hydrogen) atoms. The normalized spacial score (nSPS) is 11.4. The maximum atomic E-state index is 12.2. The monoisotopic (exact) mass is 435 g/mol. The lowest BCUT2D eigenvalue weighted by molar-refractivity contribution is 0.415. The minimum Gasteiger partial charge on any atom is -0.497 e. The molecule has 0 aliphatic heterocycles. The topological polar surface area (TPSA) is 70.2 Å². The van der Waals surface area contributed by atoms with Crippen LogP contribution in [0.3, 0.4) is 0 Å². The second kappa shape index (κ2) is 8.59. The Morgan fingerprint density at radius 2 is 1.84 bits per heavy atom. The lowest BCUT2D eigenvalue weighted by atomic mass is 10.0. The highest BCUT2D eigenvalue weighted by Gasteiger charge is 2.18. The molecule has 0 fully saturated rings. The average molecular weight is 436 g/mol. The van der Waals surface area contributed by atoms with Crippen LogP contribution in [0.1, 0.15) is 36.6 Å². The molecular formula is C24H25N3O3S. The Kier molecular flexibility index (Phi) is 5.87. The minimum atomic E-state index is -0.332. The number of aryl methyl sites for hydroxylation is 2. The zero-order valence-corrected chi connectivity index (χ0v) is 19.1. The number of aromatic nitrogens is 3. The fraction of sp³-hybridized carbons (Fsp3) is 0.292. The van der Waals surface area contributed by atoms with Crippen LogP contribution in [0.25, 0.3) is 22.4 Å². The SMILES string of the molecule is COc1ccc(-c2nnc(SCc3cc(=O)oc4c(C)c(C)ccc34)n2C(C)C)cc1. The molecule has 0 bridgehead atoms. The molecule has 0 aliphatic rings. The molecule has 0 spiro atoms. The highest BCUT2D eigenvalue weighted by atomic mass is 32.2. The van der Waals surface area contributed by atoms with Crippen molar-refractivity contribution in [1.29, 1.82) is 0 Å².